The molecule has 0 saturated heterocycles. The molecule has 3 aromatic heterocycles. The number of hydrogen-bond donors (Lipinski definition) is 2. The van der Waals surface area contributed by atoms with Gasteiger partial charge in [0.2, 0.25) is 0 Å². The lowest BCUT2D eigenvalue weighted by atomic mass is 9.99. The Hall–Kier alpha value is -3.96. The van der Waals surface area contributed by atoms with Crippen LogP contribution in [0.2, 0.25) is 0 Å². The van der Waals surface area contributed by atoms with E-state index in [9.17, 15) is 27.9 Å². The lowest BCUT2D eigenvalue weighted by molar-refractivity contribution is -0.138. The van der Waals surface area contributed by atoms with Gasteiger partial charge in [0, 0.05) is 12.6 Å². The fourth-order valence-corrected chi connectivity index (χ4v) is 3.78. The van der Waals surface area contributed by atoms with E-state index >= 15 is 0 Å². The lowest BCUT2D eigenvalue weighted by Gasteiger charge is -2.13. The first-order valence-electron chi connectivity index (χ1n) is 9.35. The molecule has 0 amide bonds. The van der Waals surface area contributed by atoms with E-state index in [-0.39, 0.29) is 39.7 Å². The van der Waals surface area contributed by atoms with Gasteiger partial charge < -0.3 is 10.1 Å². The van der Waals surface area contributed by atoms with E-state index in [1.807, 2.05) is 0 Å². The highest BCUT2D eigenvalue weighted by Crippen LogP contribution is 2.38. The highest BCUT2D eigenvalue weighted by atomic mass is 19.4. The number of carbonyl (C=O) groups is 1. The third-order valence-corrected chi connectivity index (χ3v) is 5.07. The topological polar surface area (TPSA) is 118 Å². The number of H-pyrrole nitrogens is 1. The van der Waals surface area contributed by atoms with Gasteiger partial charge in [0.25, 0.3) is 5.56 Å². The molecule has 0 atom stereocenters. The average Bonchev–Trinajstić information content (AvgIpc) is 3.17. The lowest BCUT2D eigenvalue weighted by Crippen LogP contribution is -2.15. The van der Waals surface area contributed by atoms with Crippen molar-refractivity contribution in [3.05, 3.63) is 56.9 Å². The Labute approximate surface area is 178 Å². The highest BCUT2D eigenvalue weighted by molar-refractivity contribution is 5.98. The number of aromatic amines is 1. The summed E-state index contributed by atoms with van der Waals surface area (Å²) in [4.78, 5) is 31.3. The van der Waals surface area contributed by atoms with Crippen molar-refractivity contribution in [1.29, 1.82) is 0 Å². The molecule has 3 heterocycles. The molecule has 0 saturated carbocycles. The van der Waals surface area contributed by atoms with Crippen LogP contribution in [0.15, 0.2) is 23.0 Å². The van der Waals surface area contributed by atoms with Crippen LogP contribution in [0, 0.1) is 20.8 Å². The molecule has 2 N–H and O–H groups in total. The highest BCUT2D eigenvalue weighted by Gasteiger charge is 2.33. The van der Waals surface area contributed by atoms with Gasteiger partial charge in [0.05, 0.1) is 22.5 Å². The van der Waals surface area contributed by atoms with E-state index in [0.717, 1.165) is 6.07 Å². The van der Waals surface area contributed by atoms with E-state index in [4.69, 9.17) is 0 Å². The zero-order valence-corrected chi connectivity index (χ0v) is 17.4. The fraction of sp³-hybridized carbons (Fsp3) is 0.250. The Morgan fingerprint density at radius 3 is 2.44 bits per heavy atom. The Morgan fingerprint density at radius 1 is 1.16 bits per heavy atom. The normalized spacial score (nSPS) is 12.0. The van der Waals surface area contributed by atoms with Crippen LogP contribution in [-0.2, 0) is 13.2 Å². The molecule has 12 heteroatoms. The second-order valence-corrected chi connectivity index (χ2v) is 7.35. The van der Waals surface area contributed by atoms with E-state index in [1.165, 1.54) is 35.3 Å². The molecule has 0 aliphatic rings. The van der Waals surface area contributed by atoms with Gasteiger partial charge in [0.1, 0.15) is 5.82 Å². The number of aromatic nitrogens is 6. The zero-order chi connectivity index (χ0) is 23.5. The number of aromatic carboxylic acids is 1. The first-order valence-corrected chi connectivity index (χ1v) is 9.35. The summed E-state index contributed by atoms with van der Waals surface area (Å²) in [6.07, 6.45) is -4.52. The molecular weight excluding hydrogens is 429 g/mol. The molecule has 0 radical (unpaired) electrons. The van der Waals surface area contributed by atoms with Crippen LogP contribution in [0.25, 0.3) is 28.2 Å². The molecule has 0 fully saturated rings. The number of nitrogens with one attached hydrogen (secondary N) is 1. The molecule has 0 unspecified atom stereocenters. The maximum absolute atomic E-state index is 13.2. The van der Waals surface area contributed by atoms with Crippen molar-refractivity contribution < 1.29 is 23.1 Å². The Balaban J connectivity index is 2.08. The third-order valence-electron chi connectivity index (χ3n) is 5.07. The predicted molar refractivity (Wildman–Crippen MR) is 107 cm³/mol. The van der Waals surface area contributed by atoms with Crippen LogP contribution in [0.3, 0.4) is 0 Å². The van der Waals surface area contributed by atoms with Gasteiger partial charge in [-0.25, -0.2) is 14.3 Å². The van der Waals surface area contributed by atoms with Crippen LogP contribution in [0.5, 0.6) is 0 Å². The van der Waals surface area contributed by atoms with Gasteiger partial charge in [-0.2, -0.15) is 23.4 Å². The molecule has 4 aromatic rings. The van der Waals surface area contributed by atoms with Gasteiger partial charge in [-0.1, -0.05) is 6.07 Å². The Kier molecular flexibility index (Phi) is 4.68. The van der Waals surface area contributed by atoms with Gasteiger partial charge in [-0.15, -0.1) is 0 Å². The predicted octanol–water partition coefficient (Wildman–Crippen LogP) is 3.13. The van der Waals surface area contributed by atoms with Crippen molar-refractivity contribution in [3.63, 3.8) is 0 Å². The average molecular weight is 446 g/mol. The second-order valence-electron chi connectivity index (χ2n) is 7.35. The molecular formula is C20H17F3N6O3. The molecule has 0 aliphatic heterocycles. The number of halogens is 3. The zero-order valence-electron chi connectivity index (χ0n) is 17.4. The van der Waals surface area contributed by atoms with Crippen LogP contribution in [-0.4, -0.2) is 40.4 Å². The minimum Gasteiger partial charge on any atom is -0.476 e. The van der Waals surface area contributed by atoms with Crippen molar-refractivity contribution in [1.82, 2.24) is 29.4 Å². The van der Waals surface area contributed by atoms with Crippen molar-refractivity contribution in [2.45, 2.75) is 26.9 Å². The van der Waals surface area contributed by atoms with E-state index in [1.54, 1.807) is 13.8 Å². The summed E-state index contributed by atoms with van der Waals surface area (Å²) >= 11 is 0. The summed E-state index contributed by atoms with van der Waals surface area (Å²) in [5.41, 5.74) is -0.644. The standard InChI is InChI=1S/C20H17F3N6O3/c1-8-7-11(5-6-12(8)20(21,22)23)16-13(14(19(31)32)27-28(16)4)17-24-9(2)15-18(30)25-10(3)26-29(15)17/h5-7H,1-4H3,(H,31,32)(H,25,26,30). The molecule has 0 aliphatic carbocycles. The van der Waals surface area contributed by atoms with Crippen LogP contribution >= 0.6 is 0 Å². The largest absolute Gasteiger partial charge is 0.476 e. The molecule has 1 aromatic carbocycles. The molecule has 4 rings (SSSR count). The van der Waals surface area contributed by atoms with Gasteiger partial charge in [-0.05, 0) is 38.5 Å². The summed E-state index contributed by atoms with van der Waals surface area (Å²) in [6.45, 7) is 4.45. The number of benzene rings is 1. The van der Waals surface area contributed by atoms with Gasteiger partial charge in [0.15, 0.2) is 17.0 Å². The minimum absolute atomic E-state index is 0.0337. The van der Waals surface area contributed by atoms with Crippen LogP contribution in [0.1, 0.15) is 33.1 Å². The summed E-state index contributed by atoms with van der Waals surface area (Å²) in [6, 6.07) is 3.49. The quantitative estimate of drug-likeness (QED) is 0.499. The summed E-state index contributed by atoms with van der Waals surface area (Å²) < 4.78 is 42.2. The number of hydrogen-bond acceptors (Lipinski definition) is 5. The maximum atomic E-state index is 13.2. The number of nitrogens with zero attached hydrogens (tertiary/aromatic N) is 5. The first kappa shape index (κ1) is 21.3. The van der Waals surface area contributed by atoms with Gasteiger partial charge in [-0.3, -0.25) is 9.48 Å². The van der Waals surface area contributed by atoms with E-state index < -0.39 is 23.3 Å². The smallest absolute Gasteiger partial charge is 0.416 e. The monoisotopic (exact) mass is 446 g/mol. The minimum atomic E-state index is -4.52. The van der Waals surface area contributed by atoms with E-state index in [0.29, 0.717) is 11.3 Å². The summed E-state index contributed by atoms with van der Waals surface area (Å²) in [5.74, 6) is -1.04. The first-order chi connectivity index (χ1) is 14.9. The van der Waals surface area contributed by atoms with Crippen molar-refractivity contribution in [2.75, 3.05) is 0 Å². The number of carboxylic acids is 1. The number of imidazole rings is 1. The van der Waals surface area contributed by atoms with E-state index in [2.05, 4.69) is 20.2 Å². The number of aryl methyl sites for hydroxylation is 4. The van der Waals surface area contributed by atoms with Crippen molar-refractivity contribution >= 4 is 11.5 Å². The molecule has 166 valence electrons. The van der Waals surface area contributed by atoms with Crippen LogP contribution in [0.4, 0.5) is 13.2 Å². The number of alkyl halides is 3. The fourth-order valence-electron chi connectivity index (χ4n) is 3.78. The summed E-state index contributed by atoms with van der Waals surface area (Å²) in [7, 11) is 1.48. The number of carboxylic acid groups (broad SMARTS) is 1. The number of rotatable bonds is 3. The Morgan fingerprint density at radius 2 is 1.84 bits per heavy atom. The Bertz CT molecular complexity index is 1460. The SMILES string of the molecule is Cc1nn2c(-c3c(C(=O)O)nn(C)c3-c3ccc(C(F)(F)F)c(C)c3)nc(C)c2c(=O)[nH]1. The molecule has 0 bridgehead atoms. The third kappa shape index (κ3) is 3.24. The molecule has 0 spiro atoms. The molecule has 32 heavy (non-hydrogen) atoms. The summed E-state index contributed by atoms with van der Waals surface area (Å²) in [5, 5.41) is 18.1. The molecule has 9 nitrogen and oxygen atoms in total. The van der Waals surface area contributed by atoms with Crippen LogP contribution < -0.4 is 5.56 Å². The second kappa shape index (κ2) is 7.04. The van der Waals surface area contributed by atoms with Crippen molar-refractivity contribution in [3.8, 4) is 22.6 Å². The van der Waals surface area contributed by atoms with Crippen molar-refractivity contribution in [2.24, 2.45) is 7.05 Å². The van der Waals surface area contributed by atoms with Gasteiger partial charge >= 0.3 is 12.1 Å². The maximum Gasteiger partial charge on any atom is 0.416 e. The number of fused-ring (bicyclic) bond motifs is 1.